The van der Waals surface area contributed by atoms with Gasteiger partial charge in [0.05, 0.1) is 25.3 Å². The third kappa shape index (κ3) is 3.18. The van der Waals surface area contributed by atoms with Crippen molar-refractivity contribution >= 4 is 33.2 Å². The van der Waals surface area contributed by atoms with Crippen LogP contribution in [-0.4, -0.2) is 29.5 Å². The maximum absolute atomic E-state index is 12.6. The fourth-order valence-corrected chi connectivity index (χ4v) is 3.91. The molecule has 7 nitrogen and oxygen atoms in total. The molecule has 2 heterocycles. The summed E-state index contributed by atoms with van der Waals surface area (Å²) < 4.78 is 12.0. The molecule has 0 aliphatic carbocycles. The first kappa shape index (κ1) is 18.0. The highest BCUT2D eigenvalue weighted by atomic mass is 32.1. The largest absolute Gasteiger partial charge is 0.493 e. The second-order valence-corrected chi connectivity index (χ2v) is 7.05. The quantitative estimate of drug-likeness (QED) is 0.562. The second-order valence-electron chi connectivity index (χ2n) is 6.04. The van der Waals surface area contributed by atoms with Gasteiger partial charge in [0.15, 0.2) is 16.5 Å². The van der Waals surface area contributed by atoms with Crippen LogP contribution in [0.3, 0.4) is 0 Å². The maximum atomic E-state index is 12.6. The van der Waals surface area contributed by atoms with Crippen LogP contribution in [0.15, 0.2) is 53.3 Å². The van der Waals surface area contributed by atoms with Gasteiger partial charge >= 0.3 is 0 Å². The molecule has 2 aromatic heterocycles. The Labute approximate surface area is 164 Å². The van der Waals surface area contributed by atoms with Crippen LogP contribution in [0.5, 0.6) is 11.5 Å². The first-order valence-electron chi connectivity index (χ1n) is 8.51. The van der Waals surface area contributed by atoms with Crippen molar-refractivity contribution in [3.05, 3.63) is 69.3 Å². The number of amides is 1. The molecular weight excluding hydrogens is 378 g/mol. The Bertz CT molecular complexity index is 1250. The molecular formula is C20H17N3O4S. The third-order valence-electron chi connectivity index (χ3n) is 4.33. The monoisotopic (exact) mass is 395 g/mol. The first-order chi connectivity index (χ1) is 13.6. The van der Waals surface area contributed by atoms with Crippen LogP contribution < -0.4 is 20.3 Å². The summed E-state index contributed by atoms with van der Waals surface area (Å²) in [6, 6.07) is 14.1. The van der Waals surface area contributed by atoms with E-state index < -0.39 is 0 Å². The standard InChI is InChI=1S/C20H17N3O4S/c1-26-15-8-7-12(9-16(15)27-2)11-21-19(25)17-10-18(24)23-14-6-4-3-5-13(14)22-20(23)28-17/h3-10H,11H2,1-2H3,(H,21,25). The minimum atomic E-state index is -0.327. The van der Waals surface area contributed by atoms with Gasteiger partial charge in [0.1, 0.15) is 4.88 Å². The van der Waals surface area contributed by atoms with Gasteiger partial charge in [-0.15, -0.1) is 0 Å². The van der Waals surface area contributed by atoms with Crippen molar-refractivity contribution in [3.8, 4) is 11.5 Å². The number of carbonyl (C=O) groups is 1. The van der Waals surface area contributed by atoms with Crippen LogP contribution in [0.25, 0.3) is 16.0 Å². The minimum Gasteiger partial charge on any atom is -0.493 e. The van der Waals surface area contributed by atoms with Crippen molar-refractivity contribution in [1.29, 1.82) is 0 Å². The number of nitrogens with zero attached hydrogens (tertiary/aromatic N) is 2. The average Bonchev–Trinajstić information content (AvgIpc) is 3.10. The molecule has 0 aliphatic heterocycles. The molecule has 142 valence electrons. The minimum absolute atomic E-state index is 0.279. The van der Waals surface area contributed by atoms with E-state index in [-0.39, 0.29) is 11.5 Å². The van der Waals surface area contributed by atoms with Crippen molar-refractivity contribution in [2.45, 2.75) is 6.54 Å². The number of methoxy groups -OCH3 is 2. The Hall–Kier alpha value is -3.39. The zero-order valence-corrected chi connectivity index (χ0v) is 16.1. The van der Waals surface area contributed by atoms with Gasteiger partial charge in [0.2, 0.25) is 0 Å². The number of para-hydroxylation sites is 2. The van der Waals surface area contributed by atoms with Crippen LogP contribution in [0.1, 0.15) is 15.2 Å². The van der Waals surface area contributed by atoms with E-state index in [1.807, 2.05) is 30.3 Å². The lowest BCUT2D eigenvalue weighted by atomic mass is 10.2. The molecule has 4 rings (SSSR count). The van der Waals surface area contributed by atoms with Gasteiger partial charge < -0.3 is 14.8 Å². The Morgan fingerprint density at radius 1 is 1.11 bits per heavy atom. The maximum Gasteiger partial charge on any atom is 0.261 e. The Morgan fingerprint density at radius 2 is 1.89 bits per heavy atom. The van der Waals surface area contributed by atoms with Gasteiger partial charge in [-0.1, -0.05) is 29.5 Å². The van der Waals surface area contributed by atoms with E-state index in [9.17, 15) is 9.59 Å². The van der Waals surface area contributed by atoms with Crippen molar-refractivity contribution < 1.29 is 14.3 Å². The molecule has 8 heteroatoms. The van der Waals surface area contributed by atoms with Crippen LogP contribution in [0.2, 0.25) is 0 Å². The summed E-state index contributed by atoms with van der Waals surface area (Å²) in [5.74, 6) is 0.878. The fraction of sp³-hybridized carbons (Fsp3) is 0.150. The van der Waals surface area contributed by atoms with Crippen LogP contribution in [0, 0.1) is 0 Å². The van der Waals surface area contributed by atoms with E-state index in [0.29, 0.717) is 27.9 Å². The number of aromatic nitrogens is 2. The van der Waals surface area contributed by atoms with Gasteiger partial charge in [-0.2, -0.15) is 0 Å². The molecule has 1 N–H and O–H groups in total. The summed E-state index contributed by atoms with van der Waals surface area (Å²) in [5.41, 5.74) is 2.03. The lowest BCUT2D eigenvalue weighted by Crippen LogP contribution is -2.24. The van der Waals surface area contributed by atoms with E-state index in [1.165, 1.54) is 21.8 Å². The summed E-state index contributed by atoms with van der Waals surface area (Å²) >= 11 is 1.18. The number of ether oxygens (including phenoxy) is 2. The molecule has 28 heavy (non-hydrogen) atoms. The molecule has 0 atom stereocenters. The number of hydrogen-bond acceptors (Lipinski definition) is 6. The third-order valence-corrected chi connectivity index (χ3v) is 5.31. The summed E-state index contributed by atoms with van der Waals surface area (Å²) in [6.07, 6.45) is 0. The summed E-state index contributed by atoms with van der Waals surface area (Å²) in [5, 5.41) is 2.83. The predicted octanol–water partition coefficient (Wildman–Crippen LogP) is 2.86. The molecule has 0 bridgehead atoms. The van der Waals surface area contributed by atoms with Gasteiger partial charge in [0, 0.05) is 12.6 Å². The normalized spacial score (nSPS) is 10.9. The molecule has 0 unspecified atom stereocenters. The molecule has 0 spiro atoms. The number of carbonyl (C=O) groups excluding carboxylic acids is 1. The summed E-state index contributed by atoms with van der Waals surface area (Å²) in [7, 11) is 3.12. The number of rotatable bonds is 5. The molecule has 0 saturated heterocycles. The number of fused-ring (bicyclic) bond motifs is 3. The molecule has 0 aliphatic rings. The number of nitrogens with one attached hydrogen (secondary N) is 1. The van der Waals surface area contributed by atoms with Gasteiger partial charge in [0.25, 0.3) is 11.5 Å². The van der Waals surface area contributed by atoms with Crippen LogP contribution >= 0.6 is 11.3 Å². The number of benzene rings is 2. The SMILES string of the molecule is COc1ccc(CNC(=O)c2cc(=O)n3c(nc4ccccc43)s2)cc1OC. The van der Waals surface area contributed by atoms with Crippen LogP contribution in [-0.2, 0) is 6.54 Å². The highest BCUT2D eigenvalue weighted by Crippen LogP contribution is 2.27. The topological polar surface area (TPSA) is 81.9 Å². The molecule has 4 aromatic rings. The lowest BCUT2D eigenvalue weighted by molar-refractivity contribution is 0.0954. The summed E-state index contributed by atoms with van der Waals surface area (Å²) in [6.45, 7) is 0.293. The van der Waals surface area contributed by atoms with E-state index in [0.717, 1.165) is 16.6 Å². The van der Waals surface area contributed by atoms with Crippen LogP contribution in [0.4, 0.5) is 0 Å². The van der Waals surface area contributed by atoms with E-state index in [4.69, 9.17) is 9.47 Å². The Kier molecular flexibility index (Phi) is 4.70. The molecule has 0 fully saturated rings. The van der Waals surface area contributed by atoms with Crippen molar-refractivity contribution in [3.63, 3.8) is 0 Å². The zero-order chi connectivity index (χ0) is 19.7. The van der Waals surface area contributed by atoms with Gasteiger partial charge in [-0.3, -0.25) is 14.0 Å². The Morgan fingerprint density at radius 3 is 2.68 bits per heavy atom. The molecule has 1 amide bonds. The van der Waals surface area contributed by atoms with Gasteiger partial charge in [-0.05, 0) is 29.8 Å². The number of imidazole rings is 1. The molecule has 0 saturated carbocycles. The van der Waals surface area contributed by atoms with E-state index in [1.54, 1.807) is 26.4 Å². The van der Waals surface area contributed by atoms with Crippen molar-refractivity contribution in [2.24, 2.45) is 0 Å². The Balaban J connectivity index is 1.59. The smallest absolute Gasteiger partial charge is 0.261 e. The lowest BCUT2D eigenvalue weighted by Gasteiger charge is -2.10. The zero-order valence-electron chi connectivity index (χ0n) is 15.3. The van der Waals surface area contributed by atoms with E-state index in [2.05, 4.69) is 10.3 Å². The van der Waals surface area contributed by atoms with Gasteiger partial charge in [-0.25, -0.2) is 4.98 Å². The van der Waals surface area contributed by atoms with Crippen molar-refractivity contribution in [1.82, 2.24) is 14.7 Å². The highest BCUT2D eigenvalue weighted by molar-refractivity contribution is 7.18. The van der Waals surface area contributed by atoms with E-state index >= 15 is 0 Å². The highest BCUT2D eigenvalue weighted by Gasteiger charge is 2.14. The fourth-order valence-electron chi connectivity index (χ4n) is 2.96. The average molecular weight is 395 g/mol. The summed E-state index contributed by atoms with van der Waals surface area (Å²) in [4.78, 5) is 30.4. The molecule has 0 radical (unpaired) electrons. The predicted molar refractivity (Wildman–Crippen MR) is 108 cm³/mol. The molecule has 2 aromatic carbocycles. The number of hydrogen-bond donors (Lipinski definition) is 1. The first-order valence-corrected chi connectivity index (χ1v) is 9.33. The van der Waals surface area contributed by atoms with Crippen molar-refractivity contribution in [2.75, 3.05) is 14.2 Å². The second kappa shape index (κ2) is 7.32.